The molecule has 2 atom stereocenters. The number of carbonyl (C=O) groups excluding carboxylic acids is 1. The first-order valence-electron chi connectivity index (χ1n) is 7.08. The Morgan fingerprint density at radius 1 is 1.33 bits per heavy atom. The molecule has 3 rings (SSSR count). The Labute approximate surface area is 109 Å². The van der Waals surface area contributed by atoms with Gasteiger partial charge in [-0.3, -0.25) is 9.78 Å². The lowest BCUT2D eigenvalue weighted by atomic mass is 9.91. The van der Waals surface area contributed by atoms with E-state index in [9.17, 15) is 4.79 Å². The van der Waals surface area contributed by atoms with Gasteiger partial charge in [-0.1, -0.05) is 20.8 Å². The van der Waals surface area contributed by atoms with Crippen molar-refractivity contribution in [1.29, 1.82) is 0 Å². The van der Waals surface area contributed by atoms with Crippen molar-refractivity contribution >= 4 is 5.78 Å². The first-order valence-corrected chi connectivity index (χ1v) is 7.08. The molecular weight excluding hydrogens is 222 g/mol. The number of rotatable bonds is 3. The second-order valence-electron chi connectivity index (χ2n) is 6.34. The van der Waals surface area contributed by atoms with Crippen molar-refractivity contribution in [1.82, 2.24) is 4.98 Å². The predicted molar refractivity (Wildman–Crippen MR) is 71.5 cm³/mol. The Balaban J connectivity index is 1.75. The summed E-state index contributed by atoms with van der Waals surface area (Å²) in [7, 11) is 0. The number of ketones is 1. The maximum Gasteiger partial charge on any atom is 0.166 e. The van der Waals surface area contributed by atoms with Crippen molar-refractivity contribution in [3.8, 4) is 0 Å². The van der Waals surface area contributed by atoms with Crippen LogP contribution in [0.5, 0.6) is 0 Å². The molecular formula is C16H21NO. The van der Waals surface area contributed by atoms with Crippen molar-refractivity contribution in [2.24, 2.45) is 23.7 Å². The molecule has 1 heterocycles. The average Bonchev–Trinajstić information content (AvgIpc) is 2.81. The van der Waals surface area contributed by atoms with Crippen LogP contribution in [0.1, 0.15) is 55.6 Å². The number of Topliss-reactive ketones (excluding diaryl/α,β-unsaturated/α-hetero) is 1. The largest absolute Gasteiger partial charge is 0.294 e. The summed E-state index contributed by atoms with van der Waals surface area (Å²) in [5.74, 6) is 3.56. The van der Waals surface area contributed by atoms with Crippen LogP contribution in [0.3, 0.4) is 0 Å². The molecule has 18 heavy (non-hydrogen) atoms. The van der Waals surface area contributed by atoms with Crippen LogP contribution in [0, 0.1) is 23.7 Å². The van der Waals surface area contributed by atoms with Crippen molar-refractivity contribution in [3.05, 3.63) is 29.6 Å². The van der Waals surface area contributed by atoms with Crippen LogP contribution in [0.4, 0.5) is 0 Å². The van der Waals surface area contributed by atoms with Gasteiger partial charge in [0.05, 0.1) is 0 Å². The van der Waals surface area contributed by atoms with Crippen LogP contribution in [0.25, 0.3) is 0 Å². The Bertz CT molecular complexity index is 468. The van der Waals surface area contributed by atoms with E-state index in [4.69, 9.17) is 0 Å². The van der Waals surface area contributed by atoms with E-state index >= 15 is 0 Å². The first-order chi connectivity index (χ1) is 8.58. The zero-order chi connectivity index (χ0) is 12.9. The molecule has 0 spiro atoms. The van der Waals surface area contributed by atoms with Crippen LogP contribution in [0.2, 0.25) is 0 Å². The quantitative estimate of drug-likeness (QED) is 0.758. The van der Waals surface area contributed by atoms with Crippen LogP contribution in [0.15, 0.2) is 18.3 Å². The standard InChI is InChI=1S/C16H21NO/c1-9(2)15-8-11(4-5-17-15)16(18)12-6-13-10(3)14(13)7-12/h4-5,8-10,12-14H,6-7H2,1-3H3. The highest BCUT2D eigenvalue weighted by Gasteiger charge is 2.54. The second kappa shape index (κ2) is 4.18. The summed E-state index contributed by atoms with van der Waals surface area (Å²) < 4.78 is 0. The Kier molecular flexibility index (Phi) is 2.76. The molecule has 0 bridgehead atoms. The van der Waals surface area contributed by atoms with Gasteiger partial charge in [0.15, 0.2) is 5.78 Å². The Hall–Kier alpha value is -1.18. The molecule has 1 aromatic rings. The van der Waals surface area contributed by atoms with Crippen LogP contribution < -0.4 is 0 Å². The molecule has 0 saturated heterocycles. The molecule has 2 fully saturated rings. The van der Waals surface area contributed by atoms with Crippen molar-refractivity contribution in [3.63, 3.8) is 0 Å². The fraction of sp³-hybridized carbons (Fsp3) is 0.625. The van der Waals surface area contributed by atoms with Crippen molar-refractivity contribution < 1.29 is 4.79 Å². The molecule has 0 aromatic carbocycles. The lowest BCUT2D eigenvalue weighted by molar-refractivity contribution is 0.0911. The lowest BCUT2D eigenvalue weighted by Gasteiger charge is -2.13. The van der Waals surface area contributed by atoms with Gasteiger partial charge >= 0.3 is 0 Å². The zero-order valence-corrected chi connectivity index (χ0v) is 11.4. The van der Waals surface area contributed by atoms with E-state index in [1.165, 1.54) is 0 Å². The normalized spacial score (nSPS) is 33.6. The molecule has 96 valence electrons. The fourth-order valence-electron chi connectivity index (χ4n) is 3.54. The summed E-state index contributed by atoms with van der Waals surface area (Å²) in [6, 6.07) is 3.86. The van der Waals surface area contributed by atoms with Crippen molar-refractivity contribution in [2.75, 3.05) is 0 Å². The number of hydrogen-bond acceptors (Lipinski definition) is 2. The van der Waals surface area contributed by atoms with E-state index in [1.54, 1.807) is 6.20 Å². The summed E-state index contributed by atoms with van der Waals surface area (Å²) in [6.45, 7) is 6.55. The highest BCUT2D eigenvalue weighted by molar-refractivity contribution is 5.98. The van der Waals surface area contributed by atoms with Gasteiger partial charge in [0, 0.05) is 23.4 Å². The van der Waals surface area contributed by atoms with E-state index in [2.05, 4.69) is 25.8 Å². The molecule has 2 heteroatoms. The summed E-state index contributed by atoms with van der Waals surface area (Å²) in [5, 5.41) is 0. The topological polar surface area (TPSA) is 30.0 Å². The minimum absolute atomic E-state index is 0.276. The molecule has 0 aliphatic heterocycles. The maximum atomic E-state index is 12.5. The van der Waals surface area contributed by atoms with Gasteiger partial charge in [-0.25, -0.2) is 0 Å². The number of aromatic nitrogens is 1. The Morgan fingerprint density at radius 3 is 2.61 bits per heavy atom. The van der Waals surface area contributed by atoms with Crippen molar-refractivity contribution in [2.45, 2.75) is 39.5 Å². The Morgan fingerprint density at radius 2 is 2.00 bits per heavy atom. The minimum atomic E-state index is 0.276. The fourth-order valence-corrected chi connectivity index (χ4v) is 3.54. The number of nitrogens with zero attached hydrogens (tertiary/aromatic N) is 1. The molecule has 2 nitrogen and oxygen atoms in total. The van der Waals surface area contributed by atoms with E-state index in [-0.39, 0.29) is 5.92 Å². The number of fused-ring (bicyclic) bond motifs is 1. The van der Waals surface area contributed by atoms with Gasteiger partial charge < -0.3 is 0 Å². The zero-order valence-electron chi connectivity index (χ0n) is 11.4. The van der Waals surface area contributed by atoms with Gasteiger partial charge in [0.25, 0.3) is 0 Å². The smallest absolute Gasteiger partial charge is 0.166 e. The second-order valence-corrected chi connectivity index (χ2v) is 6.34. The minimum Gasteiger partial charge on any atom is -0.294 e. The van der Waals surface area contributed by atoms with Crippen LogP contribution in [-0.2, 0) is 0 Å². The average molecular weight is 243 g/mol. The predicted octanol–water partition coefficient (Wildman–Crippen LogP) is 3.68. The number of pyridine rings is 1. The number of hydrogen-bond donors (Lipinski definition) is 0. The monoisotopic (exact) mass is 243 g/mol. The van der Waals surface area contributed by atoms with Gasteiger partial charge in [0.1, 0.15) is 0 Å². The summed E-state index contributed by atoms with van der Waals surface area (Å²) in [6.07, 6.45) is 4.01. The van der Waals surface area contributed by atoms with Crippen LogP contribution >= 0.6 is 0 Å². The molecule has 2 aliphatic carbocycles. The molecule has 1 aromatic heterocycles. The molecule has 0 radical (unpaired) electrons. The highest BCUT2D eigenvalue weighted by atomic mass is 16.1. The van der Waals surface area contributed by atoms with Crippen LogP contribution in [-0.4, -0.2) is 10.8 Å². The van der Waals surface area contributed by atoms with E-state index in [0.717, 1.165) is 41.9 Å². The highest BCUT2D eigenvalue weighted by Crippen LogP contribution is 2.59. The molecule has 2 saturated carbocycles. The first kappa shape index (κ1) is 11.9. The maximum absolute atomic E-state index is 12.5. The van der Waals surface area contributed by atoms with Gasteiger partial charge in [0.2, 0.25) is 0 Å². The molecule has 0 N–H and O–H groups in total. The summed E-state index contributed by atoms with van der Waals surface area (Å²) in [5.41, 5.74) is 1.89. The third kappa shape index (κ3) is 1.88. The lowest BCUT2D eigenvalue weighted by Crippen LogP contribution is -2.14. The molecule has 0 amide bonds. The van der Waals surface area contributed by atoms with Gasteiger partial charge in [-0.2, -0.15) is 0 Å². The van der Waals surface area contributed by atoms with Gasteiger partial charge in [-0.15, -0.1) is 0 Å². The van der Waals surface area contributed by atoms with E-state index in [0.29, 0.717) is 11.7 Å². The van der Waals surface area contributed by atoms with Gasteiger partial charge in [-0.05, 0) is 48.6 Å². The SMILES string of the molecule is CC(C)c1cc(C(=O)C2CC3C(C)C3C2)ccn1. The third-order valence-corrected chi connectivity index (χ3v) is 4.90. The summed E-state index contributed by atoms with van der Waals surface area (Å²) >= 11 is 0. The van der Waals surface area contributed by atoms with E-state index < -0.39 is 0 Å². The summed E-state index contributed by atoms with van der Waals surface area (Å²) in [4.78, 5) is 16.8. The third-order valence-electron chi connectivity index (χ3n) is 4.90. The van der Waals surface area contributed by atoms with E-state index in [1.807, 2.05) is 12.1 Å². The molecule has 2 unspecified atom stereocenters. The number of carbonyl (C=O) groups is 1. The molecule has 2 aliphatic rings.